The van der Waals surface area contributed by atoms with Gasteiger partial charge in [-0.1, -0.05) is 0 Å². The SMILES string of the molecule is CCOC(=O)CC1OC1C. The van der Waals surface area contributed by atoms with Crippen LogP contribution in [0.25, 0.3) is 0 Å². The Morgan fingerprint density at radius 2 is 2.30 bits per heavy atom. The van der Waals surface area contributed by atoms with Crippen molar-refractivity contribution in [2.24, 2.45) is 0 Å². The van der Waals surface area contributed by atoms with Crippen LogP contribution in [-0.2, 0) is 14.3 Å². The smallest absolute Gasteiger partial charge is 0.308 e. The molecule has 10 heavy (non-hydrogen) atoms. The van der Waals surface area contributed by atoms with Crippen molar-refractivity contribution < 1.29 is 14.3 Å². The van der Waals surface area contributed by atoms with Gasteiger partial charge in [0, 0.05) is 0 Å². The molecule has 0 bridgehead atoms. The van der Waals surface area contributed by atoms with Crippen molar-refractivity contribution in [3.63, 3.8) is 0 Å². The van der Waals surface area contributed by atoms with Crippen molar-refractivity contribution in [3.05, 3.63) is 0 Å². The van der Waals surface area contributed by atoms with Gasteiger partial charge < -0.3 is 9.47 Å². The summed E-state index contributed by atoms with van der Waals surface area (Å²) in [6.45, 7) is 4.21. The van der Waals surface area contributed by atoms with Crippen LogP contribution in [0.1, 0.15) is 20.3 Å². The number of carbonyl (C=O) groups excluding carboxylic acids is 1. The molecular weight excluding hydrogens is 132 g/mol. The average Bonchev–Trinajstić information content (AvgIpc) is 2.47. The summed E-state index contributed by atoms with van der Waals surface area (Å²) in [5.41, 5.74) is 0. The van der Waals surface area contributed by atoms with E-state index in [1.54, 1.807) is 6.92 Å². The van der Waals surface area contributed by atoms with Gasteiger partial charge >= 0.3 is 5.97 Å². The van der Waals surface area contributed by atoms with Crippen LogP contribution in [-0.4, -0.2) is 24.8 Å². The van der Waals surface area contributed by atoms with Gasteiger partial charge in [-0.15, -0.1) is 0 Å². The Morgan fingerprint density at radius 3 is 2.70 bits per heavy atom. The van der Waals surface area contributed by atoms with Gasteiger partial charge in [0.25, 0.3) is 0 Å². The minimum Gasteiger partial charge on any atom is -0.466 e. The number of carbonyl (C=O) groups is 1. The highest BCUT2D eigenvalue weighted by Gasteiger charge is 2.36. The van der Waals surface area contributed by atoms with Gasteiger partial charge in [-0.05, 0) is 13.8 Å². The summed E-state index contributed by atoms with van der Waals surface area (Å²) < 4.78 is 9.76. The minimum absolute atomic E-state index is 0.124. The molecule has 1 aliphatic heterocycles. The fourth-order valence-electron chi connectivity index (χ4n) is 0.829. The van der Waals surface area contributed by atoms with Crippen LogP contribution in [0.2, 0.25) is 0 Å². The summed E-state index contributed by atoms with van der Waals surface area (Å²) in [4.78, 5) is 10.7. The lowest BCUT2D eigenvalue weighted by atomic mass is 10.2. The Hall–Kier alpha value is -0.570. The van der Waals surface area contributed by atoms with E-state index in [0.29, 0.717) is 13.0 Å². The van der Waals surface area contributed by atoms with E-state index in [1.165, 1.54) is 0 Å². The summed E-state index contributed by atoms with van der Waals surface area (Å²) >= 11 is 0. The Bertz CT molecular complexity index is 133. The molecule has 1 rings (SSSR count). The minimum atomic E-state index is -0.156. The topological polar surface area (TPSA) is 38.8 Å². The maximum Gasteiger partial charge on any atom is 0.308 e. The van der Waals surface area contributed by atoms with Gasteiger partial charge in [0.2, 0.25) is 0 Å². The maximum absolute atomic E-state index is 10.7. The molecule has 0 aliphatic carbocycles. The Balaban J connectivity index is 2.07. The lowest BCUT2D eigenvalue weighted by Crippen LogP contribution is -2.07. The lowest BCUT2D eigenvalue weighted by Gasteiger charge is -1.96. The molecule has 1 heterocycles. The molecule has 0 aromatic heterocycles. The van der Waals surface area contributed by atoms with E-state index in [1.807, 2.05) is 6.92 Å². The molecule has 1 aliphatic rings. The van der Waals surface area contributed by atoms with Gasteiger partial charge in [-0.25, -0.2) is 0 Å². The zero-order chi connectivity index (χ0) is 7.56. The van der Waals surface area contributed by atoms with Crippen molar-refractivity contribution in [1.82, 2.24) is 0 Å². The number of rotatable bonds is 3. The molecule has 1 saturated heterocycles. The Labute approximate surface area is 60.3 Å². The van der Waals surface area contributed by atoms with Crippen LogP contribution in [0.5, 0.6) is 0 Å². The van der Waals surface area contributed by atoms with Crippen molar-refractivity contribution >= 4 is 5.97 Å². The van der Waals surface area contributed by atoms with Crippen LogP contribution in [0.3, 0.4) is 0 Å². The first-order valence-corrected chi connectivity index (χ1v) is 3.55. The first-order chi connectivity index (χ1) is 4.74. The largest absolute Gasteiger partial charge is 0.466 e. The van der Waals surface area contributed by atoms with E-state index >= 15 is 0 Å². The Morgan fingerprint density at radius 1 is 1.70 bits per heavy atom. The number of hydrogen-bond donors (Lipinski definition) is 0. The predicted octanol–water partition coefficient (Wildman–Crippen LogP) is 0.727. The summed E-state index contributed by atoms with van der Waals surface area (Å²) in [5, 5.41) is 0. The molecule has 0 aromatic carbocycles. The third kappa shape index (κ3) is 1.99. The normalized spacial score (nSPS) is 29.8. The maximum atomic E-state index is 10.7. The summed E-state index contributed by atoms with van der Waals surface area (Å²) in [6.07, 6.45) is 0.790. The van der Waals surface area contributed by atoms with Crippen LogP contribution < -0.4 is 0 Å². The third-order valence-electron chi connectivity index (χ3n) is 1.51. The molecule has 0 amide bonds. The van der Waals surface area contributed by atoms with Crippen molar-refractivity contribution in [2.75, 3.05) is 6.61 Å². The van der Waals surface area contributed by atoms with E-state index in [2.05, 4.69) is 0 Å². The molecule has 58 valence electrons. The van der Waals surface area contributed by atoms with Crippen molar-refractivity contribution in [3.8, 4) is 0 Å². The lowest BCUT2D eigenvalue weighted by molar-refractivity contribution is -0.143. The monoisotopic (exact) mass is 144 g/mol. The van der Waals surface area contributed by atoms with Gasteiger partial charge in [0.05, 0.1) is 25.2 Å². The average molecular weight is 144 g/mol. The van der Waals surface area contributed by atoms with Crippen molar-refractivity contribution in [2.45, 2.75) is 32.5 Å². The first-order valence-electron chi connectivity index (χ1n) is 3.55. The van der Waals surface area contributed by atoms with Crippen LogP contribution in [0, 0.1) is 0 Å². The second-order valence-electron chi connectivity index (χ2n) is 2.39. The third-order valence-corrected chi connectivity index (χ3v) is 1.51. The first kappa shape index (κ1) is 7.54. The molecule has 3 heteroatoms. The highest BCUT2D eigenvalue weighted by Crippen LogP contribution is 2.24. The summed E-state index contributed by atoms with van der Waals surface area (Å²) in [7, 11) is 0. The zero-order valence-corrected chi connectivity index (χ0v) is 6.29. The molecule has 2 atom stereocenters. The van der Waals surface area contributed by atoms with E-state index in [9.17, 15) is 4.79 Å². The summed E-state index contributed by atoms with van der Waals surface area (Å²) in [5.74, 6) is -0.156. The fraction of sp³-hybridized carbons (Fsp3) is 0.857. The van der Waals surface area contributed by atoms with E-state index in [0.717, 1.165) is 0 Å². The fourth-order valence-corrected chi connectivity index (χ4v) is 0.829. The van der Waals surface area contributed by atoms with Crippen LogP contribution in [0.15, 0.2) is 0 Å². The second kappa shape index (κ2) is 3.01. The van der Waals surface area contributed by atoms with Gasteiger partial charge in [0.1, 0.15) is 0 Å². The molecule has 1 fully saturated rings. The molecule has 3 nitrogen and oxygen atoms in total. The number of hydrogen-bond acceptors (Lipinski definition) is 3. The summed E-state index contributed by atoms with van der Waals surface area (Å²) in [6, 6.07) is 0. The quantitative estimate of drug-likeness (QED) is 0.433. The predicted molar refractivity (Wildman–Crippen MR) is 35.6 cm³/mol. The van der Waals surface area contributed by atoms with Gasteiger partial charge in [-0.3, -0.25) is 4.79 Å². The van der Waals surface area contributed by atoms with Crippen LogP contribution >= 0.6 is 0 Å². The van der Waals surface area contributed by atoms with Gasteiger partial charge in [-0.2, -0.15) is 0 Å². The van der Waals surface area contributed by atoms with E-state index in [-0.39, 0.29) is 18.2 Å². The van der Waals surface area contributed by atoms with Crippen molar-refractivity contribution in [1.29, 1.82) is 0 Å². The molecule has 0 aromatic rings. The van der Waals surface area contributed by atoms with Gasteiger partial charge in [0.15, 0.2) is 0 Å². The number of ether oxygens (including phenoxy) is 2. The number of epoxide rings is 1. The molecule has 0 spiro atoms. The molecule has 0 N–H and O–H groups in total. The molecule has 2 unspecified atom stereocenters. The Kier molecular flexibility index (Phi) is 2.27. The molecular formula is C7H12O3. The highest BCUT2D eigenvalue weighted by atomic mass is 16.6. The standard InChI is InChI=1S/C7H12O3/c1-3-9-7(8)4-6-5(2)10-6/h5-6H,3-4H2,1-2H3. The number of esters is 1. The molecule has 0 radical (unpaired) electrons. The second-order valence-corrected chi connectivity index (χ2v) is 2.39. The highest BCUT2D eigenvalue weighted by molar-refractivity contribution is 5.70. The zero-order valence-electron chi connectivity index (χ0n) is 6.29. The van der Waals surface area contributed by atoms with E-state index in [4.69, 9.17) is 9.47 Å². The van der Waals surface area contributed by atoms with Crippen LogP contribution in [0.4, 0.5) is 0 Å². The molecule has 0 saturated carbocycles. The van der Waals surface area contributed by atoms with E-state index < -0.39 is 0 Å².